The Bertz CT molecular complexity index is 766. The lowest BCUT2D eigenvalue weighted by Crippen LogP contribution is -2.41. The normalized spacial score (nSPS) is 26.5. The van der Waals surface area contributed by atoms with Gasteiger partial charge in [-0.05, 0) is 25.7 Å². The molecule has 3 aliphatic rings. The molecule has 3 fully saturated rings. The van der Waals surface area contributed by atoms with Crippen LogP contribution < -0.4 is 0 Å². The molecule has 1 saturated carbocycles. The minimum atomic E-state index is -5.08. The van der Waals surface area contributed by atoms with E-state index in [9.17, 15) is 21.6 Å². The van der Waals surface area contributed by atoms with Crippen LogP contribution in [-0.4, -0.2) is 70.3 Å². The smallest absolute Gasteiger partial charge is 0.475 e. The van der Waals surface area contributed by atoms with Crippen molar-refractivity contribution in [2.45, 2.75) is 55.7 Å². The van der Waals surface area contributed by atoms with Gasteiger partial charge in [-0.3, -0.25) is 4.90 Å². The largest absolute Gasteiger partial charge is 0.490 e. The Labute approximate surface area is 158 Å². The lowest BCUT2D eigenvalue weighted by atomic mass is 10.1. The highest BCUT2D eigenvalue weighted by Crippen LogP contribution is 2.39. The van der Waals surface area contributed by atoms with E-state index in [-0.39, 0.29) is 11.3 Å². The van der Waals surface area contributed by atoms with Gasteiger partial charge < -0.3 is 5.11 Å². The third-order valence-electron chi connectivity index (χ3n) is 4.98. The van der Waals surface area contributed by atoms with E-state index in [0.717, 1.165) is 43.8 Å². The van der Waals surface area contributed by atoms with Gasteiger partial charge in [0.1, 0.15) is 5.01 Å². The van der Waals surface area contributed by atoms with Gasteiger partial charge in [0.15, 0.2) is 0 Å². The van der Waals surface area contributed by atoms with Crippen LogP contribution in [0.1, 0.15) is 30.7 Å². The summed E-state index contributed by atoms with van der Waals surface area (Å²) in [4.78, 5) is 15.7. The van der Waals surface area contributed by atoms with Crippen molar-refractivity contribution in [1.82, 2.24) is 14.2 Å². The Hall–Kier alpha value is -1.24. The number of sulfonamides is 1. The number of carboxylic acids is 1. The van der Waals surface area contributed by atoms with Gasteiger partial charge in [-0.25, -0.2) is 18.2 Å². The minimum Gasteiger partial charge on any atom is -0.475 e. The summed E-state index contributed by atoms with van der Waals surface area (Å²) in [6, 6.07) is 0.605. The molecule has 2 atom stereocenters. The minimum absolute atomic E-state index is 0.0748. The second-order valence-electron chi connectivity index (χ2n) is 6.77. The second-order valence-corrected chi connectivity index (χ2v) is 9.91. The van der Waals surface area contributed by atoms with Crippen LogP contribution in [0.2, 0.25) is 0 Å². The molecule has 1 aromatic heterocycles. The van der Waals surface area contributed by atoms with Crippen LogP contribution in [0.25, 0.3) is 0 Å². The van der Waals surface area contributed by atoms with Crippen molar-refractivity contribution in [3.8, 4) is 0 Å². The first-order valence-electron chi connectivity index (χ1n) is 8.54. The Morgan fingerprint density at radius 1 is 1.22 bits per heavy atom. The van der Waals surface area contributed by atoms with E-state index in [0.29, 0.717) is 12.6 Å². The molecule has 0 amide bonds. The summed E-state index contributed by atoms with van der Waals surface area (Å²) in [7, 11) is -3.01. The van der Waals surface area contributed by atoms with Crippen molar-refractivity contribution >= 4 is 27.3 Å². The van der Waals surface area contributed by atoms with Crippen LogP contribution in [0.5, 0.6) is 0 Å². The molecule has 0 spiro atoms. The fraction of sp³-hybridized carbons (Fsp3) is 0.733. The summed E-state index contributed by atoms with van der Waals surface area (Å²) in [6.45, 7) is 2.57. The van der Waals surface area contributed by atoms with Crippen LogP contribution in [0.3, 0.4) is 0 Å². The molecule has 0 aromatic carbocycles. The number of alkyl halides is 3. The van der Waals surface area contributed by atoms with Crippen LogP contribution in [0, 0.1) is 0 Å². The number of aliphatic carboxylic acids is 1. The maximum Gasteiger partial charge on any atom is 0.490 e. The predicted octanol–water partition coefficient (Wildman–Crippen LogP) is 1.92. The number of likely N-dealkylation sites (tertiary alicyclic amines) is 1. The Morgan fingerprint density at radius 2 is 1.85 bits per heavy atom. The van der Waals surface area contributed by atoms with E-state index >= 15 is 0 Å². The number of thiazole rings is 1. The molecule has 1 aliphatic carbocycles. The molecular formula is C15H20F3N3O4S2. The number of hydrogen-bond acceptors (Lipinski definition) is 6. The number of halogens is 3. The average Bonchev–Trinajstić information content (AvgIpc) is 3.00. The van der Waals surface area contributed by atoms with Gasteiger partial charge in [0.2, 0.25) is 10.0 Å². The predicted molar refractivity (Wildman–Crippen MR) is 91.7 cm³/mol. The van der Waals surface area contributed by atoms with Crippen LogP contribution in [0.4, 0.5) is 13.2 Å². The summed E-state index contributed by atoms with van der Waals surface area (Å²) in [5.41, 5.74) is 0. The number of carbonyl (C=O) groups is 1. The first-order valence-corrected chi connectivity index (χ1v) is 10.9. The van der Waals surface area contributed by atoms with Crippen molar-refractivity contribution in [1.29, 1.82) is 0 Å². The van der Waals surface area contributed by atoms with Gasteiger partial charge in [0.25, 0.3) is 0 Å². The topological polar surface area (TPSA) is 90.8 Å². The molecule has 0 unspecified atom stereocenters. The number of nitrogens with zero attached hydrogens (tertiary/aromatic N) is 3. The summed E-state index contributed by atoms with van der Waals surface area (Å²) < 4.78 is 58.5. The highest BCUT2D eigenvalue weighted by molar-refractivity contribution is 7.90. The maximum absolute atomic E-state index is 12.5. The number of carboxylic acid groups (broad SMARTS) is 1. The highest BCUT2D eigenvalue weighted by atomic mass is 32.2. The summed E-state index contributed by atoms with van der Waals surface area (Å²) in [6.07, 6.45) is 0.425. The Kier molecular flexibility index (Phi) is 5.80. The lowest BCUT2D eigenvalue weighted by molar-refractivity contribution is -0.192. The highest BCUT2D eigenvalue weighted by Gasteiger charge is 2.51. The third kappa shape index (κ3) is 4.61. The monoisotopic (exact) mass is 427 g/mol. The molecule has 2 aliphatic heterocycles. The zero-order valence-electron chi connectivity index (χ0n) is 14.3. The Balaban J connectivity index is 0.000000260. The van der Waals surface area contributed by atoms with E-state index in [2.05, 4.69) is 9.88 Å². The summed E-state index contributed by atoms with van der Waals surface area (Å²) in [5, 5.41) is 10.2. The fourth-order valence-corrected chi connectivity index (χ4v) is 6.35. The van der Waals surface area contributed by atoms with Crippen LogP contribution in [-0.2, 0) is 21.4 Å². The van der Waals surface area contributed by atoms with Gasteiger partial charge in [-0.15, -0.1) is 11.3 Å². The number of hydrogen-bond donors (Lipinski definition) is 1. The van der Waals surface area contributed by atoms with E-state index in [1.165, 1.54) is 0 Å². The van der Waals surface area contributed by atoms with E-state index in [1.54, 1.807) is 11.3 Å². The molecule has 7 nitrogen and oxygen atoms in total. The standard InChI is InChI=1S/C13H19N3O2S2.C2HF3O2/c17-20(18,10-1-2-10)16-7-4-11-12(16)3-6-15(11)9-13-14-5-8-19-13;3-2(4,5)1(6)7/h5,8,10-12H,1-4,6-7,9H2;(H,6,7)/t11-,12+;/m1./s1. The van der Waals surface area contributed by atoms with Crippen LogP contribution in [0.15, 0.2) is 11.6 Å². The molecule has 1 aromatic rings. The first kappa shape index (κ1) is 20.5. The van der Waals surface area contributed by atoms with Crippen molar-refractivity contribution in [2.24, 2.45) is 0 Å². The van der Waals surface area contributed by atoms with Gasteiger partial charge in [0.05, 0.1) is 11.8 Å². The molecule has 3 heterocycles. The SMILES string of the molecule is O=C(O)C(F)(F)F.O=S(=O)(C1CC1)N1CC[C@@H]2[C@@H]1CCN2Cc1nccs1. The van der Waals surface area contributed by atoms with E-state index in [4.69, 9.17) is 9.90 Å². The number of fused-ring (bicyclic) bond motifs is 1. The van der Waals surface area contributed by atoms with Crippen LogP contribution >= 0.6 is 11.3 Å². The molecule has 2 saturated heterocycles. The van der Waals surface area contributed by atoms with Gasteiger partial charge in [-0.2, -0.15) is 17.5 Å². The van der Waals surface area contributed by atoms with Crippen molar-refractivity contribution < 1.29 is 31.5 Å². The number of aromatic nitrogens is 1. The van der Waals surface area contributed by atoms with E-state index < -0.39 is 22.2 Å². The lowest BCUT2D eigenvalue weighted by Gasteiger charge is -2.24. The first-order chi connectivity index (χ1) is 12.6. The van der Waals surface area contributed by atoms with Gasteiger partial charge in [0, 0.05) is 36.8 Å². The molecular weight excluding hydrogens is 407 g/mol. The number of rotatable bonds is 4. The molecule has 0 radical (unpaired) electrons. The Morgan fingerprint density at radius 3 is 2.37 bits per heavy atom. The molecule has 4 rings (SSSR count). The molecule has 27 heavy (non-hydrogen) atoms. The van der Waals surface area contributed by atoms with Crippen molar-refractivity contribution in [3.63, 3.8) is 0 Å². The second kappa shape index (κ2) is 7.64. The maximum atomic E-state index is 12.5. The molecule has 12 heteroatoms. The van der Waals surface area contributed by atoms with Gasteiger partial charge in [-0.1, -0.05) is 0 Å². The van der Waals surface area contributed by atoms with Crippen molar-refractivity contribution in [3.05, 3.63) is 16.6 Å². The van der Waals surface area contributed by atoms with Gasteiger partial charge >= 0.3 is 12.1 Å². The summed E-state index contributed by atoms with van der Waals surface area (Å²) >= 11 is 1.68. The molecule has 0 bridgehead atoms. The van der Waals surface area contributed by atoms with E-state index in [1.807, 2.05) is 15.9 Å². The third-order valence-corrected chi connectivity index (χ3v) is 8.16. The summed E-state index contributed by atoms with van der Waals surface area (Å²) in [5.74, 6) is -2.76. The quantitative estimate of drug-likeness (QED) is 0.790. The van der Waals surface area contributed by atoms with Crippen molar-refractivity contribution in [2.75, 3.05) is 13.1 Å². The zero-order valence-corrected chi connectivity index (χ0v) is 15.9. The molecule has 1 N–H and O–H groups in total. The average molecular weight is 427 g/mol. The fourth-order valence-electron chi connectivity index (χ4n) is 3.61. The molecule has 152 valence electrons. The zero-order chi connectivity index (χ0) is 19.8.